The van der Waals surface area contributed by atoms with E-state index in [1.165, 1.54) is 0 Å². The molecule has 1 saturated heterocycles. The van der Waals surface area contributed by atoms with E-state index in [0.717, 1.165) is 30.5 Å². The number of nitrogens with zero attached hydrogens (tertiary/aromatic N) is 3. The van der Waals surface area contributed by atoms with Gasteiger partial charge < -0.3 is 14.7 Å². The van der Waals surface area contributed by atoms with Crippen LogP contribution in [0.15, 0.2) is 0 Å². The van der Waals surface area contributed by atoms with Gasteiger partial charge in [-0.05, 0) is 32.1 Å². The zero-order valence-corrected chi connectivity index (χ0v) is 14.5. The van der Waals surface area contributed by atoms with E-state index in [-0.39, 0.29) is 30.1 Å². The molecule has 0 aliphatic carbocycles. The van der Waals surface area contributed by atoms with Crippen LogP contribution >= 0.6 is 0 Å². The highest BCUT2D eigenvalue weighted by Gasteiger charge is 2.36. The van der Waals surface area contributed by atoms with Crippen molar-refractivity contribution in [3.8, 4) is 0 Å². The minimum atomic E-state index is -0.0689. The number of carbonyl (C=O) groups is 1. The number of amides is 1. The van der Waals surface area contributed by atoms with E-state index in [2.05, 4.69) is 12.0 Å². The van der Waals surface area contributed by atoms with Gasteiger partial charge in [0.15, 0.2) is 0 Å². The molecule has 23 heavy (non-hydrogen) atoms. The minimum absolute atomic E-state index is 0.0560. The Kier molecular flexibility index (Phi) is 4.23. The molecule has 2 aliphatic heterocycles. The highest BCUT2D eigenvalue weighted by molar-refractivity contribution is 5.94. The van der Waals surface area contributed by atoms with Crippen LogP contribution in [0.25, 0.3) is 0 Å². The van der Waals surface area contributed by atoms with Gasteiger partial charge in [0.25, 0.3) is 5.91 Å². The van der Waals surface area contributed by atoms with E-state index < -0.39 is 0 Å². The molecule has 1 amide bonds. The molecule has 1 fully saturated rings. The first-order valence-corrected chi connectivity index (χ1v) is 8.46. The monoisotopic (exact) mass is 321 g/mol. The molecule has 1 aromatic heterocycles. The summed E-state index contributed by atoms with van der Waals surface area (Å²) in [6.07, 6.45) is 2.44. The maximum absolute atomic E-state index is 13.0. The van der Waals surface area contributed by atoms with Crippen LogP contribution in [0.2, 0.25) is 0 Å². The van der Waals surface area contributed by atoms with Crippen molar-refractivity contribution in [2.45, 2.75) is 52.2 Å². The molecule has 0 aromatic carbocycles. The highest BCUT2D eigenvalue weighted by Crippen LogP contribution is 2.34. The molecule has 2 atom stereocenters. The van der Waals surface area contributed by atoms with E-state index in [1.54, 1.807) is 4.68 Å². The SMILES string of the molecule is C[C@@H]1Cc2c(nn(C)c2C(=O)N2CCC(C)(CO)CC2)[C@H](C)O1. The number of aliphatic hydroxyl groups is 1. The van der Waals surface area contributed by atoms with Gasteiger partial charge in [0.2, 0.25) is 0 Å². The largest absolute Gasteiger partial charge is 0.396 e. The van der Waals surface area contributed by atoms with E-state index in [1.807, 2.05) is 25.8 Å². The Bertz CT molecular complexity index is 602. The Morgan fingerprint density at radius 1 is 1.39 bits per heavy atom. The number of fused-ring (bicyclic) bond motifs is 1. The van der Waals surface area contributed by atoms with Crippen LogP contribution in [0.3, 0.4) is 0 Å². The number of aromatic nitrogens is 2. The highest BCUT2D eigenvalue weighted by atomic mass is 16.5. The first-order chi connectivity index (χ1) is 10.8. The Hall–Kier alpha value is -1.40. The molecule has 0 radical (unpaired) electrons. The lowest BCUT2D eigenvalue weighted by Gasteiger charge is -2.38. The minimum Gasteiger partial charge on any atom is -0.396 e. The summed E-state index contributed by atoms with van der Waals surface area (Å²) in [5.41, 5.74) is 2.58. The standard InChI is InChI=1S/C17H27N3O3/c1-11-9-13-14(12(2)23-11)18-19(4)15(13)16(22)20-7-5-17(3,10-21)6-8-20/h11-12,21H,5-10H2,1-4H3/t11-,12+/m1/s1. The first-order valence-electron chi connectivity index (χ1n) is 8.46. The molecule has 128 valence electrons. The zero-order valence-electron chi connectivity index (χ0n) is 14.5. The normalized spacial score (nSPS) is 26.9. The molecule has 3 rings (SSSR count). The molecule has 3 heterocycles. The van der Waals surface area contributed by atoms with E-state index in [4.69, 9.17) is 4.74 Å². The number of hydrogen-bond donors (Lipinski definition) is 1. The average Bonchev–Trinajstić information content (AvgIpc) is 2.84. The van der Waals surface area contributed by atoms with Crippen LogP contribution in [0, 0.1) is 5.41 Å². The topological polar surface area (TPSA) is 67.6 Å². The predicted octanol–water partition coefficient (Wildman–Crippen LogP) is 1.68. The van der Waals surface area contributed by atoms with Crippen LogP contribution in [0.4, 0.5) is 0 Å². The second-order valence-electron chi connectivity index (χ2n) is 7.39. The summed E-state index contributed by atoms with van der Waals surface area (Å²) < 4.78 is 7.53. The number of ether oxygens (including phenoxy) is 1. The number of aryl methyl sites for hydroxylation is 1. The molecule has 6 heteroatoms. The quantitative estimate of drug-likeness (QED) is 0.900. The second kappa shape index (κ2) is 5.91. The lowest BCUT2D eigenvalue weighted by atomic mass is 9.81. The summed E-state index contributed by atoms with van der Waals surface area (Å²) in [4.78, 5) is 14.9. The van der Waals surface area contributed by atoms with Crippen molar-refractivity contribution in [2.24, 2.45) is 12.5 Å². The molecule has 0 saturated carbocycles. The smallest absolute Gasteiger partial charge is 0.272 e. The summed E-state index contributed by atoms with van der Waals surface area (Å²) in [5, 5.41) is 14.0. The third kappa shape index (κ3) is 2.90. The fourth-order valence-corrected chi connectivity index (χ4v) is 3.69. The lowest BCUT2D eigenvalue weighted by molar-refractivity contribution is -0.00718. The van der Waals surface area contributed by atoms with Crippen molar-refractivity contribution >= 4 is 5.91 Å². The number of likely N-dealkylation sites (tertiary alicyclic amines) is 1. The van der Waals surface area contributed by atoms with Crippen molar-refractivity contribution < 1.29 is 14.6 Å². The number of hydrogen-bond acceptors (Lipinski definition) is 4. The Balaban J connectivity index is 1.84. The van der Waals surface area contributed by atoms with Crippen molar-refractivity contribution in [1.82, 2.24) is 14.7 Å². The number of aliphatic hydroxyl groups excluding tert-OH is 1. The molecule has 0 spiro atoms. The van der Waals surface area contributed by atoms with Gasteiger partial charge in [-0.1, -0.05) is 6.92 Å². The van der Waals surface area contributed by atoms with Crippen LogP contribution in [0.5, 0.6) is 0 Å². The van der Waals surface area contributed by atoms with Gasteiger partial charge in [-0.3, -0.25) is 9.48 Å². The van der Waals surface area contributed by atoms with E-state index in [0.29, 0.717) is 18.8 Å². The lowest BCUT2D eigenvalue weighted by Crippen LogP contribution is -2.44. The predicted molar refractivity (Wildman–Crippen MR) is 86.2 cm³/mol. The van der Waals surface area contributed by atoms with Crippen molar-refractivity contribution in [1.29, 1.82) is 0 Å². The zero-order chi connectivity index (χ0) is 16.8. The third-order valence-corrected chi connectivity index (χ3v) is 5.33. The summed E-state index contributed by atoms with van der Waals surface area (Å²) in [5.74, 6) is 0.0579. The van der Waals surface area contributed by atoms with Crippen LogP contribution < -0.4 is 0 Å². The Morgan fingerprint density at radius 3 is 2.65 bits per heavy atom. The third-order valence-electron chi connectivity index (χ3n) is 5.33. The summed E-state index contributed by atoms with van der Waals surface area (Å²) in [6.45, 7) is 7.68. The summed E-state index contributed by atoms with van der Waals surface area (Å²) >= 11 is 0. The number of rotatable bonds is 2. The molecular weight excluding hydrogens is 294 g/mol. The number of piperidine rings is 1. The van der Waals surface area contributed by atoms with Gasteiger partial charge in [0, 0.05) is 38.7 Å². The van der Waals surface area contributed by atoms with Gasteiger partial charge in [0.1, 0.15) is 5.69 Å². The van der Waals surface area contributed by atoms with Crippen LogP contribution in [-0.2, 0) is 18.2 Å². The maximum Gasteiger partial charge on any atom is 0.272 e. The maximum atomic E-state index is 13.0. The molecule has 0 bridgehead atoms. The average molecular weight is 321 g/mol. The fourth-order valence-electron chi connectivity index (χ4n) is 3.69. The molecule has 1 aromatic rings. The second-order valence-corrected chi connectivity index (χ2v) is 7.39. The molecule has 6 nitrogen and oxygen atoms in total. The van der Waals surface area contributed by atoms with Gasteiger partial charge in [-0.2, -0.15) is 5.10 Å². The van der Waals surface area contributed by atoms with Gasteiger partial charge in [-0.15, -0.1) is 0 Å². The van der Waals surface area contributed by atoms with Crippen molar-refractivity contribution in [3.63, 3.8) is 0 Å². The Morgan fingerprint density at radius 2 is 2.04 bits per heavy atom. The fraction of sp³-hybridized carbons (Fsp3) is 0.765. The Labute approximate surface area is 137 Å². The van der Waals surface area contributed by atoms with E-state index >= 15 is 0 Å². The summed E-state index contributed by atoms with van der Waals surface area (Å²) in [6, 6.07) is 0. The molecule has 0 unspecified atom stereocenters. The summed E-state index contributed by atoms with van der Waals surface area (Å²) in [7, 11) is 1.84. The first kappa shape index (κ1) is 16.5. The van der Waals surface area contributed by atoms with Crippen molar-refractivity contribution in [2.75, 3.05) is 19.7 Å². The van der Waals surface area contributed by atoms with E-state index in [9.17, 15) is 9.90 Å². The molecule has 1 N–H and O–H groups in total. The van der Waals surface area contributed by atoms with Crippen molar-refractivity contribution in [3.05, 3.63) is 17.0 Å². The number of carbonyl (C=O) groups excluding carboxylic acids is 1. The van der Waals surface area contributed by atoms with Gasteiger partial charge >= 0.3 is 0 Å². The van der Waals surface area contributed by atoms with Gasteiger partial charge in [0.05, 0.1) is 17.9 Å². The van der Waals surface area contributed by atoms with Crippen LogP contribution in [0.1, 0.15) is 61.5 Å². The molecule has 2 aliphatic rings. The van der Waals surface area contributed by atoms with Crippen LogP contribution in [-0.4, -0.2) is 51.5 Å². The van der Waals surface area contributed by atoms with Gasteiger partial charge in [-0.25, -0.2) is 0 Å². The molecular formula is C17H27N3O3.